The maximum absolute atomic E-state index is 12.9. The van der Waals surface area contributed by atoms with Crippen molar-refractivity contribution in [3.8, 4) is 5.75 Å². The van der Waals surface area contributed by atoms with E-state index in [1.165, 1.54) is 19.1 Å². The standard InChI is InChI=1S/C10H12FNO2/c1-6(12-7(2)13)8-3-4-10(14)9(11)5-8/h3-6,14H,1-2H3,(H,12,13)/t6-/m0/s1. The van der Waals surface area contributed by atoms with Crippen molar-refractivity contribution in [2.75, 3.05) is 0 Å². The fourth-order valence-corrected chi connectivity index (χ4v) is 1.18. The second kappa shape index (κ2) is 4.09. The Hall–Kier alpha value is -1.58. The van der Waals surface area contributed by atoms with Crippen LogP contribution >= 0.6 is 0 Å². The number of aromatic hydroxyl groups is 1. The fourth-order valence-electron chi connectivity index (χ4n) is 1.18. The number of nitrogens with one attached hydrogen (secondary N) is 1. The number of amides is 1. The summed E-state index contributed by atoms with van der Waals surface area (Å²) < 4.78 is 12.9. The van der Waals surface area contributed by atoms with Crippen molar-refractivity contribution in [2.24, 2.45) is 0 Å². The highest BCUT2D eigenvalue weighted by Crippen LogP contribution is 2.20. The maximum Gasteiger partial charge on any atom is 0.217 e. The van der Waals surface area contributed by atoms with E-state index in [0.29, 0.717) is 5.56 Å². The fraction of sp³-hybridized carbons (Fsp3) is 0.300. The van der Waals surface area contributed by atoms with Crippen molar-refractivity contribution < 1.29 is 14.3 Å². The van der Waals surface area contributed by atoms with Gasteiger partial charge >= 0.3 is 0 Å². The molecule has 1 aromatic carbocycles. The molecule has 1 atom stereocenters. The van der Waals surface area contributed by atoms with Crippen molar-refractivity contribution in [3.05, 3.63) is 29.6 Å². The molecule has 0 spiro atoms. The summed E-state index contributed by atoms with van der Waals surface area (Å²) in [6, 6.07) is 3.78. The third kappa shape index (κ3) is 2.45. The number of carbonyl (C=O) groups is 1. The molecule has 76 valence electrons. The smallest absolute Gasteiger partial charge is 0.217 e. The molecule has 1 amide bonds. The first-order valence-electron chi connectivity index (χ1n) is 4.26. The number of halogens is 1. The van der Waals surface area contributed by atoms with Crippen LogP contribution in [-0.4, -0.2) is 11.0 Å². The molecule has 0 aliphatic carbocycles. The lowest BCUT2D eigenvalue weighted by Crippen LogP contribution is -2.23. The van der Waals surface area contributed by atoms with Gasteiger partial charge in [-0.1, -0.05) is 6.07 Å². The molecule has 2 N–H and O–H groups in total. The number of hydrogen-bond acceptors (Lipinski definition) is 2. The Balaban J connectivity index is 2.85. The Bertz CT molecular complexity index is 352. The first-order chi connectivity index (χ1) is 6.50. The Morgan fingerprint density at radius 3 is 2.71 bits per heavy atom. The third-order valence-electron chi connectivity index (χ3n) is 1.89. The molecular formula is C10H12FNO2. The highest BCUT2D eigenvalue weighted by Gasteiger charge is 2.09. The second-order valence-corrected chi connectivity index (χ2v) is 3.13. The molecule has 1 aromatic rings. The minimum absolute atomic E-state index is 0.175. The van der Waals surface area contributed by atoms with E-state index < -0.39 is 5.82 Å². The normalized spacial score (nSPS) is 12.2. The summed E-state index contributed by atoms with van der Waals surface area (Å²) >= 11 is 0. The van der Waals surface area contributed by atoms with Crippen molar-refractivity contribution in [1.29, 1.82) is 0 Å². The van der Waals surface area contributed by atoms with Gasteiger partial charge in [0.05, 0.1) is 6.04 Å². The van der Waals surface area contributed by atoms with Crippen LogP contribution < -0.4 is 5.32 Å². The SMILES string of the molecule is CC(=O)N[C@@H](C)c1ccc(O)c(F)c1. The van der Waals surface area contributed by atoms with Gasteiger partial charge in [-0.25, -0.2) is 4.39 Å². The molecule has 0 saturated carbocycles. The monoisotopic (exact) mass is 197 g/mol. The highest BCUT2D eigenvalue weighted by molar-refractivity contribution is 5.73. The molecule has 0 aliphatic heterocycles. The van der Waals surface area contributed by atoms with Gasteiger partial charge in [0.15, 0.2) is 11.6 Å². The van der Waals surface area contributed by atoms with Gasteiger partial charge < -0.3 is 10.4 Å². The van der Waals surface area contributed by atoms with Gasteiger partial charge in [0.1, 0.15) is 0 Å². The van der Waals surface area contributed by atoms with Gasteiger partial charge in [-0.2, -0.15) is 0 Å². The van der Waals surface area contributed by atoms with E-state index in [0.717, 1.165) is 0 Å². The van der Waals surface area contributed by atoms with Crippen LogP contribution in [0.15, 0.2) is 18.2 Å². The lowest BCUT2D eigenvalue weighted by atomic mass is 10.1. The van der Waals surface area contributed by atoms with Crippen LogP contribution in [0.25, 0.3) is 0 Å². The summed E-state index contributed by atoms with van der Waals surface area (Å²) in [5.74, 6) is -1.24. The number of benzene rings is 1. The molecule has 0 bridgehead atoms. The van der Waals surface area contributed by atoms with Crippen molar-refractivity contribution >= 4 is 5.91 Å². The summed E-state index contributed by atoms with van der Waals surface area (Å²) in [7, 11) is 0. The Morgan fingerprint density at radius 1 is 1.57 bits per heavy atom. The molecule has 0 aromatic heterocycles. The molecule has 0 unspecified atom stereocenters. The van der Waals surface area contributed by atoms with Crippen LogP contribution in [0.2, 0.25) is 0 Å². The van der Waals surface area contributed by atoms with E-state index in [1.54, 1.807) is 13.0 Å². The molecular weight excluding hydrogens is 185 g/mol. The number of carbonyl (C=O) groups excluding carboxylic acids is 1. The largest absolute Gasteiger partial charge is 0.505 e. The summed E-state index contributed by atoms with van der Waals surface area (Å²) in [5.41, 5.74) is 0.621. The molecule has 0 heterocycles. The van der Waals surface area contributed by atoms with Gasteiger partial charge in [-0.05, 0) is 24.6 Å². The molecule has 1 rings (SSSR count). The zero-order chi connectivity index (χ0) is 10.7. The van der Waals surface area contributed by atoms with E-state index >= 15 is 0 Å². The van der Waals surface area contributed by atoms with Gasteiger partial charge in [0, 0.05) is 6.92 Å². The lowest BCUT2D eigenvalue weighted by Gasteiger charge is -2.12. The number of hydrogen-bond donors (Lipinski definition) is 2. The lowest BCUT2D eigenvalue weighted by molar-refractivity contribution is -0.119. The molecule has 14 heavy (non-hydrogen) atoms. The molecule has 3 nitrogen and oxygen atoms in total. The third-order valence-corrected chi connectivity index (χ3v) is 1.89. The zero-order valence-corrected chi connectivity index (χ0v) is 8.04. The summed E-state index contributed by atoms with van der Waals surface area (Å²) in [6.45, 7) is 3.14. The van der Waals surface area contributed by atoms with E-state index in [-0.39, 0.29) is 17.7 Å². The highest BCUT2D eigenvalue weighted by atomic mass is 19.1. The number of phenols is 1. The number of rotatable bonds is 2. The average molecular weight is 197 g/mol. The zero-order valence-electron chi connectivity index (χ0n) is 8.04. The minimum atomic E-state index is -0.681. The Labute approximate surface area is 81.6 Å². The molecule has 0 radical (unpaired) electrons. The topological polar surface area (TPSA) is 49.3 Å². The van der Waals surface area contributed by atoms with Crippen LogP contribution in [0.4, 0.5) is 4.39 Å². The second-order valence-electron chi connectivity index (χ2n) is 3.13. The molecule has 4 heteroatoms. The first kappa shape index (κ1) is 10.5. The van der Waals surface area contributed by atoms with E-state index in [1.807, 2.05) is 0 Å². The van der Waals surface area contributed by atoms with Crippen molar-refractivity contribution in [2.45, 2.75) is 19.9 Å². The van der Waals surface area contributed by atoms with E-state index in [9.17, 15) is 9.18 Å². The summed E-state index contributed by atoms with van der Waals surface area (Å²) in [5, 5.41) is 11.6. The number of phenolic OH excluding ortho intramolecular Hbond substituents is 1. The Morgan fingerprint density at radius 2 is 2.21 bits per heavy atom. The van der Waals surface area contributed by atoms with Crippen LogP contribution in [-0.2, 0) is 4.79 Å². The van der Waals surface area contributed by atoms with E-state index in [2.05, 4.69) is 5.32 Å². The predicted molar refractivity (Wildman–Crippen MR) is 50.3 cm³/mol. The van der Waals surface area contributed by atoms with Crippen molar-refractivity contribution in [1.82, 2.24) is 5.32 Å². The molecule has 0 aliphatic rings. The van der Waals surface area contributed by atoms with Gasteiger partial charge in [-0.15, -0.1) is 0 Å². The van der Waals surface area contributed by atoms with Crippen LogP contribution in [0.5, 0.6) is 5.75 Å². The first-order valence-corrected chi connectivity index (χ1v) is 4.26. The van der Waals surface area contributed by atoms with Crippen LogP contribution in [0.3, 0.4) is 0 Å². The predicted octanol–water partition coefficient (Wildman–Crippen LogP) is 1.73. The molecule has 0 fully saturated rings. The van der Waals surface area contributed by atoms with Crippen molar-refractivity contribution in [3.63, 3.8) is 0 Å². The van der Waals surface area contributed by atoms with E-state index in [4.69, 9.17) is 5.11 Å². The van der Waals surface area contributed by atoms with Crippen LogP contribution in [0.1, 0.15) is 25.5 Å². The van der Waals surface area contributed by atoms with Crippen LogP contribution in [0, 0.1) is 5.82 Å². The van der Waals surface area contributed by atoms with Gasteiger partial charge in [0.25, 0.3) is 0 Å². The summed E-state index contributed by atoms with van der Waals surface area (Å²) in [4.78, 5) is 10.7. The van der Waals surface area contributed by atoms with Gasteiger partial charge in [-0.3, -0.25) is 4.79 Å². The Kier molecular flexibility index (Phi) is 3.06. The maximum atomic E-state index is 12.9. The molecule has 0 saturated heterocycles. The quantitative estimate of drug-likeness (QED) is 0.758. The summed E-state index contributed by atoms with van der Waals surface area (Å²) in [6.07, 6.45) is 0. The minimum Gasteiger partial charge on any atom is -0.505 e. The van der Waals surface area contributed by atoms with Gasteiger partial charge in [0.2, 0.25) is 5.91 Å². The average Bonchev–Trinajstić information content (AvgIpc) is 2.08.